The van der Waals surface area contributed by atoms with Crippen molar-refractivity contribution in [1.82, 2.24) is 4.98 Å². The molecule has 0 aliphatic heterocycles. The molecule has 1 atom stereocenters. The largest absolute Gasteiger partial charge is 0.326 e. The van der Waals surface area contributed by atoms with E-state index >= 15 is 0 Å². The summed E-state index contributed by atoms with van der Waals surface area (Å²) in [6.45, 7) is 2.02. The summed E-state index contributed by atoms with van der Waals surface area (Å²) in [7, 11) is 0. The molecule has 1 aliphatic rings. The predicted molar refractivity (Wildman–Crippen MR) is 58.8 cm³/mol. The Balaban J connectivity index is 0.000000980. The summed E-state index contributed by atoms with van der Waals surface area (Å²) < 4.78 is 0. The number of aromatic amines is 1. The molecule has 0 saturated heterocycles. The number of halogens is 1. The number of hydrogen-bond acceptors (Lipinski definition) is 2. The molecular weight excluding hydrogens is 200 g/mol. The first-order chi connectivity index (χ1) is 6.09. The van der Waals surface area contributed by atoms with Gasteiger partial charge in [-0.25, -0.2) is 0 Å². The third kappa shape index (κ3) is 1.83. The monoisotopic (exact) mass is 214 g/mol. The van der Waals surface area contributed by atoms with Crippen LogP contribution in [0.4, 0.5) is 0 Å². The minimum absolute atomic E-state index is 0. The molecule has 0 aromatic carbocycles. The summed E-state index contributed by atoms with van der Waals surface area (Å²) in [4.78, 5) is 13.9. The molecule has 0 radical (unpaired) electrons. The Hall–Kier alpha value is -0.800. The lowest BCUT2D eigenvalue weighted by atomic mass is 9.81. The summed E-state index contributed by atoms with van der Waals surface area (Å²) in [5.41, 5.74) is 7.93. The lowest BCUT2D eigenvalue weighted by molar-refractivity contribution is 0.403. The van der Waals surface area contributed by atoms with Crippen molar-refractivity contribution in [1.29, 1.82) is 0 Å². The summed E-state index contributed by atoms with van der Waals surface area (Å²) in [5.74, 6) is 0. The zero-order chi connectivity index (χ0) is 9.47. The number of hydrogen-bond donors (Lipinski definition) is 2. The van der Waals surface area contributed by atoms with Crippen molar-refractivity contribution in [2.45, 2.75) is 31.7 Å². The average Bonchev–Trinajstić information content (AvgIpc) is 2.02. The quantitative estimate of drug-likeness (QED) is 0.684. The molecule has 3 N–H and O–H groups in total. The maximum atomic E-state index is 11.1. The highest BCUT2D eigenvalue weighted by Crippen LogP contribution is 2.30. The number of pyridine rings is 1. The minimum atomic E-state index is -0.266. The van der Waals surface area contributed by atoms with Gasteiger partial charge >= 0.3 is 0 Å². The molecule has 1 aromatic rings. The minimum Gasteiger partial charge on any atom is -0.326 e. The third-order valence-electron chi connectivity index (χ3n) is 2.74. The molecule has 1 aliphatic carbocycles. The van der Waals surface area contributed by atoms with Crippen LogP contribution < -0.4 is 11.3 Å². The van der Waals surface area contributed by atoms with Gasteiger partial charge in [0.25, 0.3) is 0 Å². The number of aromatic nitrogens is 1. The van der Waals surface area contributed by atoms with Crippen LogP contribution in [0.25, 0.3) is 0 Å². The number of nitrogens with one attached hydrogen (secondary N) is 1. The lowest BCUT2D eigenvalue weighted by Gasteiger charge is -2.31. The fourth-order valence-corrected chi connectivity index (χ4v) is 2.02. The van der Waals surface area contributed by atoms with E-state index in [1.54, 1.807) is 6.07 Å². The van der Waals surface area contributed by atoms with Crippen molar-refractivity contribution in [3.05, 3.63) is 33.7 Å². The van der Waals surface area contributed by atoms with Gasteiger partial charge in [-0.3, -0.25) is 4.79 Å². The molecule has 2 rings (SSSR count). The van der Waals surface area contributed by atoms with E-state index in [-0.39, 0.29) is 23.5 Å². The highest BCUT2D eigenvalue weighted by Gasteiger charge is 2.27. The average molecular weight is 215 g/mol. The Labute approximate surface area is 89.1 Å². The molecule has 0 amide bonds. The van der Waals surface area contributed by atoms with Gasteiger partial charge < -0.3 is 10.7 Å². The van der Waals surface area contributed by atoms with Gasteiger partial charge in [0.15, 0.2) is 0 Å². The molecule has 14 heavy (non-hydrogen) atoms. The maximum Gasteiger partial charge on any atom is 0.248 e. The molecule has 0 saturated carbocycles. The molecule has 3 nitrogen and oxygen atoms in total. The topological polar surface area (TPSA) is 58.9 Å². The first-order valence-electron chi connectivity index (χ1n) is 4.61. The Morgan fingerprint density at radius 1 is 1.50 bits per heavy atom. The second kappa shape index (κ2) is 3.75. The van der Waals surface area contributed by atoms with Crippen molar-refractivity contribution in [3.8, 4) is 0 Å². The number of H-pyrrole nitrogens is 1. The van der Waals surface area contributed by atoms with E-state index in [1.165, 1.54) is 0 Å². The first-order valence-corrected chi connectivity index (χ1v) is 4.61. The number of aryl methyl sites for hydroxylation is 1. The van der Waals surface area contributed by atoms with Crippen molar-refractivity contribution in [2.24, 2.45) is 5.73 Å². The van der Waals surface area contributed by atoms with Crippen molar-refractivity contribution in [3.63, 3.8) is 0 Å². The van der Waals surface area contributed by atoms with Crippen LogP contribution in [0.3, 0.4) is 0 Å². The Kier molecular flexibility index (Phi) is 3.02. The van der Waals surface area contributed by atoms with Gasteiger partial charge in [0.2, 0.25) is 5.56 Å². The van der Waals surface area contributed by atoms with Crippen LogP contribution in [0.1, 0.15) is 31.0 Å². The molecule has 78 valence electrons. The Morgan fingerprint density at radius 3 is 2.93 bits per heavy atom. The van der Waals surface area contributed by atoms with Crippen LogP contribution in [0.5, 0.6) is 0 Å². The molecule has 0 fully saturated rings. The normalized spacial score (nSPS) is 25.0. The van der Waals surface area contributed by atoms with Gasteiger partial charge in [-0.1, -0.05) is 0 Å². The van der Waals surface area contributed by atoms with Crippen LogP contribution in [0.2, 0.25) is 0 Å². The van der Waals surface area contributed by atoms with Gasteiger partial charge in [0.1, 0.15) is 0 Å². The van der Waals surface area contributed by atoms with Gasteiger partial charge in [0.05, 0.1) is 0 Å². The smallest absolute Gasteiger partial charge is 0.248 e. The molecular formula is C10H15ClN2O. The summed E-state index contributed by atoms with van der Waals surface area (Å²) in [5, 5.41) is 0. The van der Waals surface area contributed by atoms with Crippen molar-refractivity contribution in [2.75, 3.05) is 0 Å². The number of nitrogens with two attached hydrogens (primary N) is 1. The fourth-order valence-electron chi connectivity index (χ4n) is 2.02. The van der Waals surface area contributed by atoms with E-state index in [0.717, 1.165) is 30.5 Å². The zero-order valence-electron chi connectivity index (χ0n) is 8.17. The van der Waals surface area contributed by atoms with Crippen molar-refractivity contribution >= 4 is 12.4 Å². The van der Waals surface area contributed by atoms with E-state index in [0.29, 0.717) is 0 Å². The van der Waals surface area contributed by atoms with Crippen LogP contribution in [0, 0.1) is 0 Å². The molecule has 0 spiro atoms. The second-order valence-corrected chi connectivity index (χ2v) is 3.99. The molecule has 1 unspecified atom stereocenters. The summed E-state index contributed by atoms with van der Waals surface area (Å²) >= 11 is 0. The summed E-state index contributed by atoms with van der Waals surface area (Å²) in [6, 6.07) is 3.41. The molecule has 0 bridgehead atoms. The number of fused-ring (bicyclic) bond motifs is 1. The zero-order valence-corrected chi connectivity index (χ0v) is 8.99. The molecule has 4 heteroatoms. The lowest BCUT2D eigenvalue weighted by Crippen LogP contribution is -2.38. The molecule has 1 heterocycles. The predicted octanol–water partition coefficient (Wildman–Crippen LogP) is 1.31. The van der Waals surface area contributed by atoms with Crippen LogP contribution >= 0.6 is 12.4 Å². The van der Waals surface area contributed by atoms with E-state index in [2.05, 4.69) is 4.98 Å². The van der Waals surface area contributed by atoms with E-state index in [1.807, 2.05) is 13.0 Å². The van der Waals surface area contributed by atoms with Crippen LogP contribution in [-0.2, 0) is 12.0 Å². The van der Waals surface area contributed by atoms with Gasteiger partial charge in [-0.15, -0.1) is 12.4 Å². The fraction of sp³-hybridized carbons (Fsp3) is 0.500. The second-order valence-electron chi connectivity index (χ2n) is 3.99. The summed E-state index contributed by atoms with van der Waals surface area (Å²) in [6.07, 6.45) is 2.99. The van der Waals surface area contributed by atoms with Gasteiger partial charge in [-0.05, 0) is 37.8 Å². The third-order valence-corrected chi connectivity index (χ3v) is 2.74. The van der Waals surface area contributed by atoms with Crippen LogP contribution in [-0.4, -0.2) is 4.98 Å². The molecule has 1 aromatic heterocycles. The number of rotatable bonds is 0. The highest BCUT2D eigenvalue weighted by atomic mass is 35.5. The Morgan fingerprint density at radius 2 is 2.21 bits per heavy atom. The van der Waals surface area contributed by atoms with Gasteiger partial charge in [0, 0.05) is 17.3 Å². The van der Waals surface area contributed by atoms with Gasteiger partial charge in [-0.2, -0.15) is 0 Å². The highest BCUT2D eigenvalue weighted by molar-refractivity contribution is 5.85. The first kappa shape index (κ1) is 11.3. The SMILES string of the molecule is CC1(N)CCCc2[nH]c(=O)ccc21.Cl. The van der Waals surface area contributed by atoms with E-state index in [4.69, 9.17) is 5.73 Å². The maximum absolute atomic E-state index is 11.1. The van der Waals surface area contributed by atoms with Crippen LogP contribution in [0.15, 0.2) is 16.9 Å². The standard InChI is InChI=1S/C10H14N2O.ClH/c1-10(11)6-2-3-8-7(10)4-5-9(13)12-8;/h4-5H,2-3,6,11H2,1H3,(H,12,13);1H. The van der Waals surface area contributed by atoms with E-state index < -0.39 is 0 Å². The Bertz CT molecular complexity index is 384. The van der Waals surface area contributed by atoms with Crippen molar-refractivity contribution < 1.29 is 0 Å². The van der Waals surface area contributed by atoms with E-state index in [9.17, 15) is 4.79 Å².